The van der Waals surface area contributed by atoms with Gasteiger partial charge in [-0.15, -0.1) is 0 Å². The Hall–Kier alpha value is -3.91. The van der Waals surface area contributed by atoms with Crippen LogP contribution in [0.2, 0.25) is 0 Å². The smallest absolute Gasteiger partial charge is 0.330 e. The van der Waals surface area contributed by atoms with Crippen molar-refractivity contribution >= 4 is 10.1 Å². The minimum Gasteiger partial charge on any atom is -0.396 e. The summed E-state index contributed by atoms with van der Waals surface area (Å²) >= 11 is 0. The SMILES string of the molecule is Cc1ccc(S(=O)(=O)OC[C@]2(COCc3ccccc3)O[C@@H](n3cc(C)c(=O)[nH]c3=O)[C@@H](C)C2(CCO)OCc2ccccc2)cc1. The number of benzene rings is 3. The van der Waals surface area contributed by atoms with E-state index in [1.165, 1.54) is 22.9 Å². The van der Waals surface area contributed by atoms with Gasteiger partial charge >= 0.3 is 5.69 Å². The second-order valence-electron chi connectivity index (χ2n) is 11.9. The van der Waals surface area contributed by atoms with Gasteiger partial charge in [-0.3, -0.25) is 18.5 Å². The lowest BCUT2D eigenvalue weighted by atomic mass is 9.74. The van der Waals surface area contributed by atoms with Gasteiger partial charge in [-0.1, -0.05) is 85.3 Å². The molecule has 1 saturated heterocycles. The Labute approximate surface area is 273 Å². The number of nitrogens with zero attached hydrogens (tertiary/aromatic N) is 1. The molecule has 12 heteroatoms. The van der Waals surface area contributed by atoms with E-state index in [-0.39, 0.29) is 43.3 Å². The predicted octanol–water partition coefficient (Wildman–Crippen LogP) is 4.02. The molecule has 47 heavy (non-hydrogen) atoms. The third-order valence-electron chi connectivity index (χ3n) is 8.73. The van der Waals surface area contributed by atoms with Crippen molar-refractivity contribution < 1.29 is 31.9 Å². The summed E-state index contributed by atoms with van der Waals surface area (Å²) in [6, 6.07) is 25.0. The molecule has 0 bridgehead atoms. The number of hydrogen-bond acceptors (Lipinski definition) is 9. The highest BCUT2D eigenvalue weighted by atomic mass is 32.2. The number of aromatic amines is 1. The normalized spacial score (nSPS) is 22.8. The van der Waals surface area contributed by atoms with Crippen LogP contribution >= 0.6 is 0 Å². The number of rotatable bonds is 14. The molecule has 0 aliphatic carbocycles. The van der Waals surface area contributed by atoms with Crippen LogP contribution in [0.1, 0.15) is 41.8 Å². The highest BCUT2D eigenvalue weighted by Crippen LogP contribution is 2.53. The van der Waals surface area contributed by atoms with Crippen molar-refractivity contribution in [2.75, 3.05) is 19.8 Å². The number of aromatic nitrogens is 2. The van der Waals surface area contributed by atoms with Gasteiger partial charge in [0, 0.05) is 30.7 Å². The maximum Gasteiger partial charge on any atom is 0.330 e. The number of nitrogens with one attached hydrogen (secondary N) is 1. The van der Waals surface area contributed by atoms with Crippen molar-refractivity contribution in [2.24, 2.45) is 5.92 Å². The van der Waals surface area contributed by atoms with E-state index >= 15 is 0 Å². The molecule has 1 aliphatic heterocycles. The summed E-state index contributed by atoms with van der Waals surface area (Å²) in [6.07, 6.45) is 0.317. The number of aryl methyl sites for hydroxylation is 2. The van der Waals surface area contributed by atoms with Crippen molar-refractivity contribution in [2.45, 2.75) is 62.7 Å². The Kier molecular flexibility index (Phi) is 10.6. The molecule has 4 atom stereocenters. The summed E-state index contributed by atoms with van der Waals surface area (Å²) in [4.78, 5) is 27.7. The number of aliphatic hydroxyl groups excluding tert-OH is 1. The zero-order valence-corrected chi connectivity index (χ0v) is 27.4. The molecule has 4 aromatic rings. The van der Waals surface area contributed by atoms with Crippen LogP contribution in [0.25, 0.3) is 0 Å². The fourth-order valence-electron chi connectivity index (χ4n) is 6.10. The van der Waals surface area contributed by atoms with Crippen LogP contribution in [0.3, 0.4) is 0 Å². The Bertz CT molecular complexity index is 1860. The molecule has 250 valence electrons. The quantitative estimate of drug-likeness (QED) is 0.191. The molecule has 1 fully saturated rings. The van der Waals surface area contributed by atoms with E-state index in [2.05, 4.69) is 4.98 Å². The number of ether oxygens (including phenoxy) is 3. The molecule has 3 aromatic carbocycles. The Balaban J connectivity index is 1.62. The third kappa shape index (κ3) is 7.33. The molecule has 0 spiro atoms. The van der Waals surface area contributed by atoms with E-state index in [9.17, 15) is 23.1 Å². The highest BCUT2D eigenvalue weighted by molar-refractivity contribution is 7.86. The topological polar surface area (TPSA) is 146 Å². The second-order valence-corrected chi connectivity index (χ2v) is 13.5. The predicted molar refractivity (Wildman–Crippen MR) is 174 cm³/mol. The highest BCUT2D eigenvalue weighted by Gasteiger charge is 2.66. The van der Waals surface area contributed by atoms with Gasteiger partial charge in [-0.25, -0.2) is 4.79 Å². The van der Waals surface area contributed by atoms with Crippen LogP contribution < -0.4 is 11.2 Å². The molecule has 0 amide bonds. The number of H-pyrrole nitrogens is 1. The molecule has 0 saturated carbocycles. The monoisotopic (exact) mass is 664 g/mol. The van der Waals surface area contributed by atoms with E-state index < -0.39 is 51.3 Å². The van der Waals surface area contributed by atoms with E-state index in [1.807, 2.05) is 67.6 Å². The zero-order chi connectivity index (χ0) is 33.7. The van der Waals surface area contributed by atoms with E-state index in [0.717, 1.165) is 16.7 Å². The maximum atomic E-state index is 13.6. The van der Waals surface area contributed by atoms with Crippen LogP contribution in [0, 0.1) is 19.8 Å². The summed E-state index contributed by atoms with van der Waals surface area (Å²) in [5, 5.41) is 10.5. The molecular formula is C35H40N2O9S. The minimum atomic E-state index is -4.30. The van der Waals surface area contributed by atoms with Crippen molar-refractivity contribution in [1.29, 1.82) is 0 Å². The zero-order valence-electron chi connectivity index (χ0n) is 26.6. The molecule has 1 aliphatic rings. The number of hydrogen-bond donors (Lipinski definition) is 2. The van der Waals surface area contributed by atoms with Gasteiger partial charge < -0.3 is 19.3 Å². The van der Waals surface area contributed by atoms with Crippen LogP contribution in [-0.4, -0.2) is 54.1 Å². The van der Waals surface area contributed by atoms with Crippen LogP contribution in [-0.2, 0) is 41.7 Å². The van der Waals surface area contributed by atoms with Crippen LogP contribution in [0.4, 0.5) is 0 Å². The van der Waals surface area contributed by atoms with Crippen molar-refractivity contribution in [3.63, 3.8) is 0 Å². The van der Waals surface area contributed by atoms with Gasteiger partial charge in [0.1, 0.15) is 24.0 Å². The van der Waals surface area contributed by atoms with Crippen LogP contribution in [0.15, 0.2) is 106 Å². The molecule has 2 N–H and O–H groups in total. The molecule has 1 unspecified atom stereocenters. The fourth-order valence-corrected chi connectivity index (χ4v) is 7.05. The molecule has 11 nitrogen and oxygen atoms in total. The van der Waals surface area contributed by atoms with Gasteiger partial charge in [-0.2, -0.15) is 8.42 Å². The van der Waals surface area contributed by atoms with E-state index in [4.69, 9.17) is 18.4 Å². The molecular weight excluding hydrogens is 624 g/mol. The average Bonchev–Trinajstić information content (AvgIpc) is 3.29. The van der Waals surface area contributed by atoms with Gasteiger partial charge in [0.2, 0.25) is 0 Å². The fraction of sp³-hybridized carbons (Fsp3) is 0.371. The molecule has 0 radical (unpaired) electrons. The van der Waals surface area contributed by atoms with E-state index in [1.54, 1.807) is 26.0 Å². The second kappa shape index (κ2) is 14.5. The Morgan fingerprint density at radius 2 is 1.51 bits per heavy atom. The first-order valence-electron chi connectivity index (χ1n) is 15.4. The molecule has 1 aromatic heterocycles. The summed E-state index contributed by atoms with van der Waals surface area (Å²) in [7, 11) is -4.30. The first-order valence-corrected chi connectivity index (χ1v) is 16.8. The summed E-state index contributed by atoms with van der Waals surface area (Å²) < 4.78 is 53.9. The van der Waals surface area contributed by atoms with Gasteiger partial charge in [0.25, 0.3) is 15.7 Å². The van der Waals surface area contributed by atoms with Gasteiger partial charge in [-0.05, 0) is 37.1 Å². The van der Waals surface area contributed by atoms with Gasteiger partial charge in [0.05, 0.1) is 24.7 Å². The molecule has 5 rings (SSSR count). The summed E-state index contributed by atoms with van der Waals surface area (Å²) in [5.41, 5.74) is -1.54. The van der Waals surface area contributed by atoms with Gasteiger partial charge in [0.15, 0.2) is 0 Å². The first kappa shape index (κ1) is 34.4. The van der Waals surface area contributed by atoms with Crippen molar-refractivity contribution in [3.8, 4) is 0 Å². The minimum absolute atomic E-state index is 0.0166. The Morgan fingerprint density at radius 3 is 2.13 bits per heavy atom. The maximum absolute atomic E-state index is 13.6. The standard InChI is InChI=1S/C35H40N2O9S/c1-25-14-16-30(17-15-25)47(41,42)45-24-34(23-43-21-28-10-6-4-7-11-28)35(18-19-38,44-22-29-12-8-5-9-13-29)27(3)32(46-34)37-20-26(2)31(39)36-33(37)40/h4-17,20,27,32,38H,18-19,21-24H2,1-3H3,(H,36,39,40)/t27-,32-,34+,35?/m1/s1. The lowest BCUT2D eigenvalue weighted by molar-refractivity contribution is -0.218. The molecule has 2 heterocycles. The third-order valence-corrected chi connectivity index (χ3v) is 10.0. The lowest BCUT2D eigenvalue weighted by Gasteiger charge is -2.45. The average molecular weight is 665 g/mol. The Morgan fingerprint density at radius 1 is 0.894 bits per heavy atom. The summed E-state index contributed by atoms with van der Waals surface area (Å²) in [5.74, 6) is -0.688. The van der Waals surface area contributed by atoms with Crippen molar-refractivity contribution in [3.05, 3.63) is 134 Å². The first-order chi connectivity index (χ1) is 22.5. The number of aliphatic hydroxyl groups is 1. The van der Waals surface area contributed by atoms with E-state index in [0.29, 0.717) is 0 Å². The largest absolute Gasteiger partial charge is 0.396 e. The van der Waals surface area contributed by atoms with Crippen molar-refractivity contribution in [1.82, 2.24) is 9.55 Å². The van der Waals surface area contributed by atoms with Crippen LogP contribution in [0.5, 0.6) is 0 Å². The summed E-state index contributed by atoms with van der Waals surface area (Å²) in [6.45, 7) is 4.29. The lowest BCUT2D eigenvalue weighted by Crippen LogP contribution is -2.61.